The first-order valence-electron chi connectivity index (χ1n) is 13.2. The standard InChI is InChI=1S/C30H30ClF6N3O2/c1-28(2,19-13-20(29(32,33)34)15-21(14-19)30(35,36)37)27(42)39(3)22-8-9-23(17-41)40(16-22)26-12-18(10-11-38-26)24-6-4-5-7-25(24)31/h4-7,10-15,22-23,41H,8-9,16-17H2,1-3H3/t22?,23-/m1/s1. The maximum absolute atomic E-state index is 13.7. The molecular formula is C30H30ClF6N3O2. The monoisotopic (exact) mass is 613 g/mol. The molecule has 1 aliphatic rings. The van der Waals surface area contributed by atoms with Crippen LogP contribution in [0.25, 0.3) is 11.1 Å². The van der Waals surface area contributed by atoms with Gasteiger partial charge in [-0.15, -0.1) is 0 Å². The Bertz CT molecular complexity index is 1410. The second kappa shape index (κ2) is 11.8. The highest BCUT2D eigenvalue weighted by Gasteiger charge is 2.42. The summed E-state index contributed by atoms with van der Waals surface area (Å²) in [6, 6.07) is 11.4. The van der Waals surface area contributed by atoms with Crippen molar-refractivity contribution in [2.75, 3.05) is 25.1 Å². The van der Waals surface area contributed by atoms with Crippen molar-refractivity contribution >= 4 is 23.3 Å². The molecule has 1 unspecified atom stereocenters. The number of nitrogens with zero attached hydrogens (tertiary/aromatic N) is 3. The number of hydrogen-bond donors (Lipinski definition) is 1. The smallest absolute Gasteiger partial charge is 0.394 e. The Morgan fingerprint density at radius 1 is 0.976 bits per heavy atom. The van der Waals surface area contributed by atoms with Gasteiger partial charge in [-0.3, -0.25) is 4.79 Å². The minimum Gasteiger partial charge on any atom is -0.394 e. The number of aliphatic hydroxyl groups is 1. The Hall–Kier alpha value is -3.31. The lowest BCUT2D eigenvalue weighted by Crippen LogP contribution is -2.56. The van der Waals surface area contributed by atoms with Crippen LogP contribution in [-0.2, 0) is 22.6 Å². The van der Waals surface area contributed by atoms with Crippen molar-refractivity contribution in [3.8, 4) is 11.1 Å². The van der Waals surface area contributed by atoms with Crippen molar-refractivity contribution in [3.05, 3.63) is 82.5 Å². The zero-order chi connectivity index (χ0) is 31.0. The highest BCUT2D eigenvalue weighted by atomic mass is 35.5. The van der Waals surface area contributed by atoms with E-state index >= 15 is 0 Å². The van der Waals surface area contributed by atoms with Crippen LogP contribution in [-0.4, -0.2) is 53.2 Å². The molecule has 0 aliphatic carbocycles. The summed E-state index contributed by atoms with van der Waals surface area (Å²) in [7, 11) is 1.48. The molecule has 5 nitrogen and oxygen atoms in total. The summed E-state index contributed by atoms with van der Waals surface area (Å²) in [6.07, 6.45) is -7.53. The zero-order valence-electron chi connectivity index (χ0n) is 23.1. The van der Waals surface area contributed by atoms with Gasteiger partial charge in [0.25, 0.3) is 0 Å². The molecular weight excluding hydrogens is 584 g/mol. The first-order chi connectivity index (χ1) is 19.5. The van der Waals surface area contributed by atoms with Crippen molar-refractivity contribution in [2.45, 2.75) is 56.5 Å². The van der Waals surface area contributed by atoms with E-state index in [2.05, 4.69) is 4.98 Å². The number of alkyl halides is 6. The SMILES string of the molecule is CN(C(=O)C(C)(C)c1cc(C(F)(F)F)cc(C(F)(F)F)c1)C1CC[C@H](CO)N(c2cc(-c3ccccc3Cl)ccn2)C1. The number of carbonyl (C=O) groups is 1. The van der Waals surface area contributed by atoms with Crippen LogP contribution in [0.3, 0.4) is 0 Å². The lowest BCUT2D eigenvalue weighted by molar-refractivity contribution is -0.144. The topological polar surface area (TPSA) is 56.7 Å². The first-order valence-corrected chi connectivity index (χ1v) is 13.6. The van der Waals surface area contributed by atoms with Crippen molar-refractivity contribution in [3.63, 3.8) is 0 Å². The number of rotatable bonds is 6. The number of carbonyl (C=O) groups excluding carboxylic acids is 1. The van der Waals surface area contributed by atoms with Crippen LogP contribution in [0.1, 0.15) is 43.4 Å². The lowest BCUT2D eigenvalue weighted by atomic mass is 9.80. The van der Waals surface area contributed by atoms with E-state index in [1.807, 2.05) is 29.2 Å². The molecule has 1 fully saturated rings. The van der Waals surface area contributed by atoms with E-state index in [9.17, 15) is 36.2 Å². The van der Waals surface area contributed by atoms with E-state index in [1.165, 1.54) is 25.8 Å². The van der Waals surface area contributed by atoms with Gasteiger partial charge in [-0.05, 0) is 74.2 Å². The average molecular weight is 614 g/mol. The summed E-state index contributed by atoms with van der Waals surface area (Å²) in [6.45, 7) is 2.68. The number of anilines is 1. The lowest BCUT2D eigenvalue weighted by Gasteiger charge is -2.44. The second-order valence-corrected chi connectivity index (χ2v) is 11.3. The quantitative estimate of drug-likeness (QED) is 0.299. The molecule has 4 rings (SSSR count). The van der Waals surface area contributed by atoms with E-state index < -0.39 is 46.4 Å². The van der Waals surface area contributed by atoms with Crippen LogP contribution in [0.5, 0.6) is 0 Å². The van der Waals surface area contributed by atoms with Crippen LogP contribution in [0.2, 0.25) is 5.02 Å². The van der Waals surface area contributed by atoms with E-state index in [0.717, 1.165) is 11.1 Å². The zero-order valence-corrected chi connectivity index (χ0v) is 23.9. The Kier molecular flexibility index (Phi) is 8.85. The second-order valence-electron chi connectivity index (χ2n) is 10.9. The van der Waals surface area contributed by atoms with Gasteiger partial charge in [0, 0.05) is 36.4 Å². The molecule has 3 aromatic rings. The van der Waals surface area contributed by atoms with Gasteiger partial charge in [0.05, 0.1) is 29.2 Å². The van der Waals surface area contributed by atoms with Gasteiger partial charge in [-0.2, -0.15) is 26.3 Å². The van der Waals surface area contributed by atoms with Gasteiger partial charge in [0.1, 0.15) is 5.82 Å². The van der Waals surface area contributed by atoms with Gasteiger partial charge < -0.3 is 14.9 Å². The number of aromatic nitrogens is 1. The molecule has 226 valence electrons. The van der Waals surface area contributed by atoms with Crippen LogP contribution in [0.4, 0.5) is 32.2 Å². The molecule has 0 saturated carbocycles. The number of likely N-dealkylation sites (N-methyl/N-ethyl adjacent to an activating group) is 1. The summed E-state index contributed by atoms with van der Waals surface area (Å²) in [5.41, 5.74) is -3.48. The summed E-state index contributed by atoms with van der Waals surface area (Å²) in [5.74, 6) is -0.107. The number of hydrogen-bond acceptors (Lipinski definition) is 4. The molecule has 2 atom stereocenters. The molecule has 0 bridgehead atoms. The van der Waals surface area contributed by atoms with Crippen LogP contribution in [0.15, 0.2) is 60.8 Å². The van der Waals surface area contributed by atoms with E-state index in [-0.39, 0.29) is 25.3 Å². The summed E-state index contributed by atoms with van der Waals surface area (Å²) >= 11 is 6.37. The average Bonchev–Trinajstić information content (AvgIpc) is 2.95. The van der Waals surface area contributed by atoms with E-state index in [0.29, 0.717) is 35.8 Å². The molecule has 42 heavy (non-hydrogen) atoms. The molecule has 1 saturated heterocycles. The molecule has 2 aromatic carbocycles. The number of benzene rings is 2. The fourth-order valence-corrected chi connectivity index (χ4v) is 5.52. The third-order valence-electron chi connectivity index (χ3n) is 7.83. The Morgan fingerprint density at radius 2 is 1.57 bits per heavy atom. The molecule has 1 N–H and O–H groups in total. The first kappa shape index (κ1) is 31.6. The Labute approximate surface area is 244 Å². The van der Waals surface area contributed by atoms with Crippen LogP contribution < -0.4 is 4.90 Å². The van der Waals surface area contributed by atoms with Crippen LogP contribution in [0, 0.1) is 0 Å². The minimum atomic E-state index is -5.03. The predicted octanol–water partition coefficient (Wildman–Crippen LogP) is 7.21. The van der Waals surface area contributed by atoms with Crippen molar-refractivity contribution < 1.29 is 36.2 Å². The number of aliphatic hydroxyl groups excluding tert-OH is 1. The van der Waals surface area contributed by atoms with Gasteiger partial charge in [0.2, 0.25) is 5.91 Å². The molecule has 0 radical (unpaired) electrons. The van der Waals surface area contributed by atoms with E-state index in [4.69, 9.17) is 11.6 Å². The summed E-state index contributed by atoms with van der Waals surface area (Å²) < 4.78 is 81.0. The molecule has 0 spiro atoms. The Balaban J connectivity index is 1.63. The fraction of sp³-hybridized carbons (Fsp3) is 0.400. The third kappa shape index (κ3) is 6.52. The highest BCUT2D eigenvalue weighted by Crippen LogP contribution is 2.40. The molecule has 1 aliphatic heterocycles. The summed E-state index contributed by atoms with van der Waals surface area (Å²) in [4.78, 5) is 21.4. The van der Waals surface area contributed by atoms with Gasteiger partial charge >= 0.3 is 12.4 Å². The maximum atomic E-state index is 13.7. The molecule has 1 aromatic heterocycles. The van der Waals surface area contributed by atoms with Gasteiger partial charge in [0.15, 0.2) is 0 Å². The minimum absolute atomic E-state index is 0.0472. The third-order valence-corrected chi connectivity index (χ3v) is 8.16. The normalized spacial score (nSPS) is 18.2. The predicted molar refractivity (Wildman–Crippen MR) is 148 cm³/mol. The highest BCUT2D eigenvalue weighted by molar-refractivity contribution is 6.33. The van der Waals surface area contributed by atoms with E-state index in [1.54, 1.807) is 18.3 Å². The largest absolute Gasteiger partial charge is 0.416 e. The van der Waals surface area contributed by atoms with Crippen molar-refractivity contribution in [2.24, 2.45) is 0 Å². The number of piperidine rings is 1. The maximum Gasteiger partial charge on any atom is 0.416 e. The Morgan fingerprint density at radius 3 is 2.14 bits per heavy atom. The van der Waals surface area contributed by atoms with Crippen LogP contribution >= 0.6 is 11.6 Å². The fourth-order valence-electron chi connectivity index (χ4n) is 5.28. The number of pyridine rings is 1. The number of halogens is 7. The summed E-state index contributed by atoms with van der Waals surface area (Å²) in [5, 5.41) is 10.6. The van der Waals surface area contributed by atoms with Crippen molar-refractivity contribution in [1.82, 2.24) is 9.88 Å². The molecule has 2 heterocycles. The molecule has 1 amide bonds. The van der Waals surface area contributed by atoms with Crippen molar-refractivity contribution in [1.29, 1.82) is 0 Å². The number of amides is 1. The van der Waals surface area contributed by atoms with Gasteiger partial charge in [-0.25, -0.2) is 4.98 Å². The molecule has 12 heteroatoms. The van der Waals surface area contributed by atoms with Gasteiger partial charge in [-0.1, -0.05) is 29.8 Å².